The molecular formula is C7H6Cl2N2O. The van der Waals surface area contributed by atoms with Crippen molar-refractivity contribution in [2.45, 2.75) is 0 Å². The Labute approximate surface area is 80.0 Å². The zero-order valence-electron chi connectivity index (χ0n) is 6.29. The highest BCUT2D eigenvalue weighted by Gasteiger charge is 2.05. The van der Waals surface area contributed by atoms with Crippen LogP contribution in [-0.2, 0) is 4.74 Å². The topological polar surface area (TPSA) is 35.0 Å². The molecule has 0 fully saturated rings. The summed E-state index contributed by atoms with van der Waals surface area (Å²) in [5, 5.41) is 0.400. The molecule has 3 nitrogen and oxygen atoms in total. The number of halogens is 2. The molecule has 0 aliphatic heterocycles. The van der Waals surface area contributed by atoms with Gasteiger partial charge in [0, 0.05) is 6.20 Å². The number of aromatic nitrogens is 2. The van der Waals surface area contributed by atoms with E-state index in [1.54, 1.807) is 12.3 Å². The summed E-state index contributed by atoms with van der Waals surface area (Å²) in [4.78, 5) is 7.62. The first-order valence-corrected chi connectivity index (χ1v) is 3.87. The second-order valence-corrected chi connectivity index (χ2v) is 2.61. The third-order valence-corrected chi connectivity index (χ3v) is 1.96. The van der Waals surface area contributed by atoms with Gasteiger partial charge in [0.05, 0.1) is 12.8 Å². The fraction of sp³-hybridized carbons (Fsp3) is 0.143. The molecule has 0 saturated heterocycles. The van der Waals surface area contributed by atoms with Crippen molar-refractivity contribution < 1.29 is 4.74 Å². The number of rotatable bonds is 2. The largest absolute Gasteiger partial charge is 0.485 e. The molecule has 1 heterocycles. The van der Waals surface area contributed by atoms with E-state index in [-0.39, 0.29) is 10.3 Å². The van der Waals surface area contributed by atoms with Gasteiger partial charge in [-0.15, -0.1) is 0 Å². The molecule has 1 aromatic heterocycles. The van der Waals surface area contributed by atoms with Crippen molar-refractivity contribution in [3.05, 3.63) is 29.5 Å². The Kier molecular flexibility index (Phi) is 3.31. The van der Waals surface area contributed by atoms with Crippen LogP contribution in [0.15, 0.2) is 23.8 Å². The maximum Gasteiger partial charge on any atom is 0.207 e. The molecule has 12 heavy (non-hydrogen) atoms. The van der Waals surface area contributed by atoms with Crippen LogP contribution in [0.4, 0.5) is 0 Å². The van der Waals surface area contributed by atoms with E-state index in [2.05, 4.69) is 9.97 Å². The van der Waals surface area contributed by atoms with E-state index in [9.17, 15) is 0 Å². The van der Waals surface area contributed by atoms with Crippen LogP contribution in [-0.4, -0.2) is 17.1 Å². The maximum atomic E-state index is 5.79. The Balaban J connectivity index is 3.00. The summed E-state index contributed by atoms with van der Waals surface area (Å²) in [5.41, 5.74) is 0.540. The molecule has 0 bridgehead atoms. The van der Waals surface area contributed by atoms with Gasteiger partial charge >= 0.3 is 0 Å². The quantitative estimate of drug-likeness (QED) is 0.694. The molecule has 1 aromatic rings. The molecule has 0 N–H and O–H groups in total. The molecule has 0 saturated carbocycles. The van der Waals surface area contributed by atoms with Crippen LogP contribution < -0.4 is 0 Å². The first-order valence-electron chi connectivity index (χ1n) is 3.11. The normalized spacial score (nSPS) is 12.2. The standard InChI is InChI=1S/C7H6Cl2N2O/c1-12-7(9)6(8)5-2-3-10-4-11-5/h2-4H,1H3/b7-6-. The highest BCUT2D eigenvalue weighted by molar-refractivity contribution is 6.53. The van der Waals surface area contributed by atoms with Crippen molar-refractivity contribution in [1.29, 1.82) is 0 Å². The Morgan fingerprint density at radius 1 is 1.50 bits per heavy atom. The second-order valence-electron chi connectivity index (χ2n) is 1.89. The fourth-order valence-electron chi connectivity index (χ4n) is 0.611. The third-order valence-electron chi connectivity index (χ3n) is 1.16. The van der Waals surface area contributed by atoms with Crippen molar-refractivity contribution in [1.82, 2.24) is 9.97 Å². The average molecular weight is 205 g/mol. The number of hydrogen-bond donors (Lipinski definition) is 0. The summed E-state index contributed by atoms with van der Waals surface area (Å²) in [7, 11) is 1.44. The van der Waals surface area contributed by atoms with Gasteiger partial charge in [-0.1, -0.05) is 11.6 Å². The Hall–Kier alpha value is -0.800. The molecule has 0 aliphatic carbocycles. The lowest BCUT2D eigenvalue weighted by molar-refractivity contribution is 0.324. The van der Waals surface area contributed by atoms with Crippen LogP contribution in [0, 0.1) is 0 Å². The van der Waals surface area contributed by atoms with Gasteiger partial charge in [-0.2, -0.15) is 0 Å². The van der Waals surface area contributed by atoms with Crippen LogP contribution in [0.5, 0.6) is 0 Å². The molecular weight excluding hydrogens is 199 g/mol. The van der Waals surface area contributed by atoms with Crippen LogP contribution in [0.25, 0.3) is 5.03 Å². The number of ether oxygens (including phenoxy) is 1. The first-order chi connectivity index (χ1) is 5.75. The van der Waals surface area contributed by atoms with Gasteiger partial charge < -0.3 is 4.74 Å². The molecule has 0 unspecified atom stereocenters. The van der Waals surface area contributed by atoms with Crippen molar-refractivity contribution in [3.8, 4) is 0 Å². The Morgan fingerprint density at radius 2 is 2.25 bits per heavy atom. The number of nitrogens with zero attached hydrogens (tertiary/aromatic N) is 2. The average Bonchev–Trinajstić information content (AvgIpc) is 2.17. The summed E-state index contributed by atoms with van der Waals surface area (Å²) in [6, 6.07) is 1.64. The second kappa shape index (κ2) is 4.28. The zero-order valence-corrected chi connectivity index (χ0v) is 7.80. The highest BCUT2D eigenvalue weighted by atomic mass is 35.5. The Bertz CT molecular complexity index is 287. The van der Waals surface area contributed by atoms with E-state index in [4.69, 9.17) is 27.9 Å². The molecule has 0 spiro atoms. The van der Waals surface area contributed by atoms with Crippen molar-refractivity contribution >= 4 is 28.2 Å². The number of hydrogen-bond acceptors (Lipinski definition) is 3. The van der Waals surface area contributed by atoms with Crippen molar-refractivity contribution in [2.75, 3.05) is 7.11 Å². The van der Waals surface area contributed by atoms with Gasteiger partial charge in [0.2, 0.25) is 5.22 Å². The molecule has 0 amide bonds. The lowest BCUT2D eigenvalue weighted by Gasteiger charge is -2.00. The predicted molar refractivity (Wildman–Crippen MR) is 47.7 cm³/mol. The van der Waals surface area contributed by atoms with Gasteiger partial charge in [0.25, 0.3) is 0 Å². The fourth-order valence-corrected chi connectivity index (χ4v) is 0.897. The SMILES string of the molecule is CO/C(Cl)=C(\Cl)c1ccncn1. The van der Waals surface area contributed by atoms with Gasteiger partial charge in [-0.05, 0) is 17.7 Å². The van der Waals surface area contributed by atoms with E-state index < -0.39 is 0 Å². The molecule has 64 valence electrons. The molecule has 5 heteroatoms. The van der Waals surface area contributed by atoms with Gasteiger partial charge in [-0.3, -0.25) is 0 Å². The monoisotopic (exact) mass is 204 g/mol. The summed E-state index contributed by atoms with van der Waals surface area (Å²) in [5.74, 6) is 0. The van der Waals surface area contributed by atoms with E-state index >= 15 is 0 Å². The molecule has 0 aliphatic rings. The van der Waals surface area contributed by atoms with Gasteiger partial charge in [-0.25, -0.2) is 9.97 Å². The Morgan fingerprint density at radius 3 is 2.75 bits per heavy atom. The van der Waals surface area contributed by atoms with Crippen LogP contribution in [0.2, 0.25) is 0 Å². The van der Waals surface area contributed by atoms with E-state index in [0.29, 0.717) is 5.69 Å². The molecule has 0 aromatic carbocycles. The van der Waals surface area contributed by atoms with Crippen molar-refractivity contribution in [3.63, 3.8) is 0 Å². The predicted octanol–water partition coefficient (Wildman–Crippen LogP) is 2.23. The minimum atomic E-state index is 0.121. The molecule has 0 atom stereocenters. The third kappa shape index (κ3) is 2.09. The minimum absolute atomic E-state index is 0.121. The smallest absolute Gasteiger partial charge is 0.207 e. The van der Waals surface area contributed by atoms with Crippen LogP contribution >= 0.6 is 23.2 Å². The summed E-state index contributed by atoms with van der Waals surface area (Å²) in [6.07, 6.45) is 2.96. The van der Waals surface area contributed by atoms with E-state index in [0.717, 1.165) is 0 Å². The van der Waals surface area contributed by atoms with Crippen LogP contribution in [0.3, 0.4) is 0 Å². The lowest BCUT2D eigenvalue weighted by Crippen LogP contribution is -1.87. The van der Waals surface area contributed by atoms with Gasteiger partial charge in [0.1, 0.15) is 11.4 Å². The summed E-state index contributed by atoms with van der Waals surface area (Å²) in [6.45, 7) is 0. The summed E-state index contributed by atoms with van der Waals surface area (Å²) >= 11 is 11.4. The summed E-state index contributed by atoms with van der Waals surface area (Å²) < 4.78 is 4.72. The molecule has 1 rings (SSSR count). The van der Waals surface area contributed by atoms with Crippen molar-refractivity contribution in [2.24, 2.45) is 0 Å². The highest BCUT2D eigenvalue weighted by Crippen LogP contribution is 2.23. The first kappa shape index (κ1) is 9.29. The van der Waals surface area contributed by atoms with E-state index in [1.165, 1.54) is 13.4 Å². The van der Waals surface area contributed by atoms with E-state index in [1.807, 2.05) is 0 Å². The maximum absolute atomic E-state index is 5.79. The van der Waals surface area contributed by atoms with Crippen LogP contribution in [0.1, 0.15) is 5.69 Å². The van der Waals surface area contributed by atoms with Gasteiger partial charge in [0.15, 0.2) is 0 Å². The molecule has 0 radical (unpaired) electrons. The lowest BCUT2D eigenvalue weighted by atomic mass is 10.4. The zero-order chi connectivity index (χ0) is 8.97. The minimum Gasteiger partial charge on any atom is -0.485 e. The number of methoxy groups -OCH3 is 1.